The van der Waals surface area contributed by atoms with Gasteiger partial charge in [0.15, 0.2) is 0 Å². The lowest BCUT2D eigenvalue weighted by molar-refractivity contribution is 0.0946. The van der Waals surface area contributed by atoms with E-state index in [2.05, 4.69) is 37.2 Å². The summed E-state index contributed by atoms with van der Waals surface area (Å²) in [6.07, 6.45) is 0.881. The minimum atomic E-state index is -0.0532. The van der Waals surface area contributed by atoms with Crippen LogP contribution in [0, 0.1) is 0 Å². The predicted octanol–water partition coefficient (Wildman–Crippen LogP) is 4.87. The number of carbonyl (C=O) groups is 1. The monoisotopic (exact) mass is 427 g/mol. The molecule has 1 N–H and O–H groups in total. The fourth-order valence-corrected chi connectivity index (χ4v) is 3.90. The number of halogens is 3. The number of rotatable bonds is 2. The van der Waals surface area contributed by atoms with Gasteiger partial charge in [0.1, 0.15) is 0 Å². The van der Waals surface area contributed by atoms with Gasteiger partial charge in [0.25, 0.3) is 5.91 Å². The first-order valence-corrected chi connectivity index (χ1v) is 8.65. The molecule has 1 heterocycles. The van der Waals surface area contributed by atoms with Crippen molar-refractivity contribution in [1.82, 2.24) is 5.32 Å². The molecule has 1 atom stereocenters. The summed E-state index contributed by atoms with van der Waals surface area (Å²) in [6.45, 7) is 0.709. The van der Waals surface area contributed by atoms with Crippen LogP contribution in [-0.2, 0) is 6.42 Å². The van der Waals surface area contributed by atoms with Gasteiger partial charge in [-0.1, -0.05) is 51.8 Å². The highest BCUT2D eigenvalue weighted by Gasteiger charge is 2.20. The first-order chi connectivity index (χ1) is 10.1. The normalized spacial score (nSPS) is 15.3. The zero-order valence-corrected chi connectivity index (χ0v) is 14.9. The van der Waals surface area contributed by atoms with Crippen molar-refractivity contribution in [3.8, 4) is 0 Å². The van der Waals surface area contributed by atoms with Gasteiger partial charge in [0.2, 0.25) is 0 Å². The van der Waals surface area contributed by atoms with Gasteiger partial charge in [-0.15, -0.1) is 0 Å². The fourth-order valence-electron chi connectivity index (χ4n) is 2.48. The summed E-state index contributed by atoms with van der Waals surface area (Å²) < 4.78 is 0.863. The lowest BCUT2D eigenvalue weighted by atomic mass is 9.95. The number of benzene rings is 2. The summed E-state index contributed by atoms with van der Waals surface area (Å²) in [4.78, 5) is 11.9. The van der Waals surface area contributed by atoms with E-state index in [4.69, 9.17) is 11.6 Å². The van der Waals surface area contributed by atoms with Crippen LogP contribution in [0.2, 0.25) is 5.02 Å². The van der Waals surface area contributed by atoms with Gasteiger partial charge in [0.05, 0.1) is 9.85 Å². The van der Waals surface area contributed by atoms with Gasteiger partial charge in [0, 0.05) is 16.6 Å². The Morgan fingerprint density at radius 3 is 2.86 bits per heavy atom. The number of hydrogen-bond donors (Lipinski definition) is 1. The van der Waals surface area contributed by atoms with Crippen LogP contribution in [0.5, 0.6) is 0 Å². The SMILES string of the molecule is O=C1NCCc2ccc(C(Br)c3cccc(Br)c3Cl)cc21. The zero-order chi connectivity index (χ0) is 15.0. The average Bonchev–Trinajstić information content (AvgIpc) is 2.49. The van der Waals surface area contributed by atoms with E-state index in [1.165, 1.54) is 0 Å². The zero-order valence-electron chi connectivity index (χ0n) is 11.0. The van der Waals surface area contributed by atoms with E-state index in [0.29, 0.717) is 11.6 Å². The molecule has 1 unspecified atom stereocenters. The Balaban J connectivity index is 2.02. The molecule has 0 spiro atoms. The molecule has 0 saturated carbocycles. The maximum Gasteiger partial charge on any atom is 0.251 e. The number of hydrogen-bond acceptors (Lipinski definition) is 1. The first-order valence-electron chi connectivity index (χ1n) is 6.57. The highest BCUT2D eigenvalue weighted by atomic mass is 79.9. The maximum atomic E-state index is 12.0. The van der Waals surface area contributed by atoms with Gasteiger partial charge >= 0.3 is 0 Å². The Hall–Kier alpha value is -0.840. The summed E-state index contributed by atoms with van der Waals surface area (Å²) >= 11 is 13.5. The van der Waals surface area contributed by atoms with Gasteiger partial charge in [-0.2, -0.15) is 0 Å². The quantitative estimate of drug-likeness (QED) is 0.678. The van der Waals surface area contributed by atoms with Crippen LogP contribution in [0.25, 0.3) is 0 Å². The number of fused-ring (bicyclic) bond motifs is 1. The standard InChI is InChI=1S/C16H12Br2ClNO/c17-13-3-1-2-11(15(13)19)14(18)10-5-4-9-6-7-20-16(21)12(9)8-10/h1-5,8,14H,6-7H2,(H,20,21). The third-order valence-corrected chi connectivity index (χ3v) is 5.94. The van der Waals surface area contributed by atoms with E-state index in [9.17, 15) is 4.79 Å². The highest BCUT2D eigenvalue weighted by molar-refractivity contribution is 9.10. The van der Waals surface area contributed by atoms with E-state index >= 15 is 0 Å². The van der Waals surface area contributed by atoms with Crippen molar-refractivity contribution in [2.24, 2.45) is 0 Å². The summed E-state index contributed by atoms with van der Waals surface area (Å²) in [5.41, 5.74) is 3.85. The van der Waals surface area contributed by atoms with E-state index in [-0.39, 0.29) is 10.7 Å². The highest BCUT2D eigenvalue weighted by Crippen LogP contribution is 2.38. The largest absolute Gasteiger partial charge is 0.352 e. The van der Waals surface area contributed by atoms with Gasteiger partial charge in [-0.05, 0) is 51.2 Å². The van der Waals surface area contributed by atoms with Crippen LogP contribution >= 0.6 is 43.5 Å². The Bertz CT molecular complexity index is 717. The van der Waals surface area contributed by atoms with Crippen LogP contribution in [0.3, 0.4) is 0 Å². The Morgan fingerprint density at radius 2 is 2.05 bits per heavy atom. The molecule has 5 heteroatoms. The molecule has 3 rings (SSSR count). The van der Waals surface area contributed by atoms with Crippen LogP contribution in [0.15, 0.2) is 40.9 Å². The van der Waals surface area contributed by atoms with Crippen LogP contribution in [0.4, 0.5) is 0 Å². The van der Waals surface area contributed by atoms with Crippen molar-refractivity contribution in [2.45, 2.75) is 11.2 Å². The smallest absolute Gasteiger partial charge is 0.251 e. The Morgan fingerprint density at radius 1 is 1.24 bits per heavy atom. The van der Waals surface area contributed by atoms with Crippen molar-refractivity contribution in [2.75, 3.05) is 6.54 Å². The molecule has 21 heavy (non-hydrogen) atoms. The molecule has 2 aromatic carbocycles. The minimum Gasteiger partial charge on any atom is -0.352 e. The van der Waals surface area contributed by atoms with E-state index < -0.39 is 0 Å². The molecule has 0 fully saturated rings. The van der Waals surface area contributed by atoms with Gasteiger partial charge in [-0.3, -0.25) is 4.79 Å². The summed E-state index contributed by atoms with van der Waals surface area (Å²) in [5, 5.41) is 3.56. The Kier molecular flexibility index (Phi) is 4.38. The average molecular weight is 430 g/mol. The summed E-state index contributed by atoms with van der Waals surface area (Å²) in [5.74, 6) is -0.00172. The molecular formula is C16H12Br2ClNO. The van der Waals surface area contributed by atoms with Crippen molar-refractivity contribution in [1.29, 1.82) is 0 Å². The van der Waals surface area contributed by atoms with E-state index in [1.807, 2.05) is 36.4 Å². The molecule has 0 aliphatic carbocycles. The van der Waals surface area contributed by atoms with E-state index in [1.54, 1.807) is 0 Å². The number of carbonyl (C=O) groups excluding carboxylic acids is 1. The summed E-state index contributed by atoms with van der Waals surface area (Å²) in [6, 6.07) is 11.9. The molecule has 1 amide bonds. The topological polar surface area (TPSA) is 29.1 Å². The summed E-state index contributed by atoms with van der Waals surface area (Å²) in [7, 11) is 0. The second-order valence-corrected chi connectivity index (χ2v) is 7.08. The second kappa shape index (κ2) is 6.11. The molecule has 1 aliphatic rings. The van der Waals surface area contributed by atoms with Crippen molar-refractivity contribution >= 4 is 49.4 Å². The van der Waals surface area contributed by atoms with Crippen LogP contribution in [-0.4, -0.2) is 12.5 Å². The predicted molar refractivity (Wildman–Crippen MR) is 92.4 cm³/mol. The molecule has 0 aromatic heterocycles. The lowest BCUT2D eigenvalue weighted by Crippen LogP contribution is -2.31. The number of alkyl halides is 1. The first kappa shape index (κ1) is 15.1. The van der Waals surface area contributed by atoms with Gasteiger partial charge < -0.3 is 5.32 Å². The third-order valence-electron chi connectivity index (χ3n) is 3.61. The molecular weight excluding hydrogens is 417 g/mol. The number of nitrogens with one attached hydrogen (secondary N) is 1. The third kappa shape index (κ3) is 2.89. The van der Waals surface area contributed by atoms with E-state index in [0.717, 1.165) is 33.1 Å². The van der Waals surface area contributed by atoms with Crippen LogP contribution in [0.1, 0.15) is 31.9 Å². The Labute approximate surface area is 145 Å². The lowest BCUT2D eigenvalue weighted by Gasteiger charge is -2.19. The van der Waals surface area contributed by atoms with Crippen molar-refractivity contribution < 1.29 is 4.79 Å². The van der Waals surface area contributed by atoms with Crippen LogP contribution < -0.4 is 5.32 Å². The van der Waals surface area contributed by atoms with Gasteiger partial charge in [-0.25, -0.2) is 0 Å². The fraction of sp³-hybridized carbons (Fsp3) is 0.188. The second-order valence-electron chi connectivity index (χ2n) is 4.93. The molecule has 1 aliphatic heterocycles. The maximum absolute atomic E-state index is 12.0. The van der Waals surface area contributed by atoms with Crippen molar-refractivity contribution in [3.05, 3.63) is 68.1 Å². The van der Waals surface area contributed by atoms with Crippen molar-refractivity contribution in [3.63, 3.8) is 0 Å². The molecule has 0 bridgehead atoms. The number of amides is 1. The molecule has 2 aromatic rings. The molecule has 0 radical (unpaired) electrons. The minimum absolute atomic E-state index is 0.00172. The molecule has 108 valence electrons. The molecule has 2 nitrogen and oxygen atoms in total. The molecule has 0 saturated heterocycles.